The third kappa shape index (κ3) is 4.49. The summed E-state index contributed by atoms with van der Waals surface area (Å²) in [5.41, 5.74) is 1.70. The van der Waals surface area contributed by atoms with Crippen LogP contribution in [0.4, 0.5) is 0 Å². The smallest absolute Gasteiger partial charge is 0.328 e. The van der Waals surface area contributed by atoms with E-state index in [1.54, 1.807) is 0 Å². The first kappa shape index (κ1) is 18.1. The Hall–Kier alpha value is -2.67. The van der Waals surface area contributed by atoms with E-state index in [1.807, 2.05) is 0 Å². The molecule has 2 aromatic rings. The number of likely N-dealkylation sites (tertiary alicyclic amines) is 1. The maximum Gasteiger partial charge on any atom is 0.328 e. The third-order valence-electron chi connectivity index (χ3n) is 4.86. The van der Waals surface area contributed by atoms with Gasteiger partial charge in [0.2, 0.25) is 5.91 Å². The minimum Gasteiger partial charge on any atom is -0.353 e. The van der Waals surface area contributed by atoms with Crippen molar-refractivity contribution in [2.24, 2.45) is 0 Å². The van der Waals surface area contributed by atoms with Crippen molar-refractivity contribution in [1.29, 1.82) is 0 Å². The van der Waals surface area contributed by atoms with E-state index in [1.165, 1.54) is 28.0 Å². The molecule has 2 heterocycles. The molecule has 0 aliphatic carbocycles. The second kappa shape index (κ2) is 8.14. The molecule has 0 unspecified atom stereocenters. The zero-order valence-corrected chi connectivity index (χ0v) is 14.9. The number of benzene rings is 1. The summed E-state index contributed by atoms with van der Waals surface area (Å²) in [7, 11) is 0. The summed E-state index contributed by atoms with van der Waals surface area (Å²) in [4.78, 5) is 39.1. The maximum atomic E-state index is 12.0. The first-order valence-corrected chi connectivity index (χ1v) is 8.87. The first-order chi connectivity index (χ1) is 12.5. The Morgan fingerprint density at radius 3 is 2.85 bits per heavy atom. The van der Waals surface area contributed by atoms with E-state index in [4.69, 9.17) is 0 Å². The molecule has 1 amide bonds. The topological polar surface area (TPSA) is 87.2 Å². The molecule has 7 nitrogen and oxygen atoms in total. The van der Waals surface area contributed by atoms with Gasteiger partial charge in [0.1, 0.15) is 6.54 Å². The second-order valence-electron chi connectivity index (χ2n) is 6.73. The van der Waals surface area contributed by atoms with Crippen molar-refractivity contribution >= 4 is 5.91 Å². The Labute approximate surface area is 151 Å². The van der Waals surface area contributed by atoms with Gasteiger partial charge in [0.15, 0.2) is 0 Å². The van der Waals surface area contributed by atoms with Crippen LogP contribution in [-0.4, -0.2) is 46.5 Å². The van der Waals surface area contributed by atoms with E-state index < -0.39 is 11.2 Å². The van der Waals surface area contributed by atoms with Crippen molar-refractivity contribution in [3.05, 3.63) is 68.5 Å². The number of aryl methyl sites for hydroxylation is 1. The summed E-state index contributed by atoms with van der Waals surface area (Å²) < 4.78 is 1.18. The van der Waals surface area contributed by atoms with Gasteiger partial charge in [-0.1, -0.05) is 24.3 Å². The normalized spacial score (nSPS) is 17.3. The number of carbonyl (C=O) groups excluding carboxylic acids is 1. The number of nitrogens with zero attached hydrogens (tertiary/aromatic N) is 2. The zero-order valence-electron chi connectivity index (χ0n) is 14.9. The Morgan fingerprint density at radius 1 is 1.27 bits per heavy atom. The molecular weight excluding hydrogens is 332 g/mol. The Balaban J connectivity index is 1.44. The number of aromatic amines is 1. The highest BCUT2D eigenvalue weighted by Gasteiger charge is 2.24. The van der Waals surface area contributed by atoms with E-state index in [2.05, 4.69) is 46.4 Å². The van der Waals surface area contributed by atoms with E-state index in [0.29, 0.717) is 12.5 Å². The molecule has 1 aliphatic heterocycles. The average Bonchev–Trinajstić information content (AvgIpc) is 3.06. The lowest BCUT2D eigenvalue weighted by atomic mass is 9.94. The molecule has 7 heteroatoms. The molecule has 1 saturated heterocycles. The van der Waals surface area contributed by atoms with Gasteiger partial charge < -0.3 is 10.2 Å². The SMILES string of the molecule is Cc1ccccc1[C@H]1CCN(CCNC(=O)Cn2ccc(=O)[nH]c2=O)C1. The number of aromatic nitrogens is 2. The number of hydrogen-bond acceptors (Lipinski definition) is 4. The van der Waals surface area contributed by atoms with Gasteiger partial charge >= 0.3 is 5.69 Å². The van der Waals surface area contributed by atoms with Crippen molar-refractivity contribution in [2.75, 3.05) is 26.2 Å². The monoisotopic (exact) mass is 356 g/mol. The predicted octanol–water partition coefficient (Wildman–Crippen LogP) is 0.451. The van der Waals surface area contributed by atoms with E-state index in [0.717, 1.165) is 26.1 Å². The molecule has 1 atom stereocenters. The number of nitrogens with one attached hydrogen (secondary N) is 2. The fourth-order valence-corrected chi connectivity index (χ4v) is 3.47. The minimum absolute atomic E-state index is 0.0958. The van der Waals surface area contributed by atoms with Gasteiger partial charge in [0, 0.05) is 31.9 Å². The van der Waals surface area contributed by atoms with Gasteiger partial charge in [-0.2, -0.15) is 0 Å². The molecule has 0 saturated carbocycles. The first-order valence-electron chi connectivity index (χ1n) is 8.87. The highest BCUT2D eigenvalue weighted by molar-refractivity contribution is 5.75. The Kier molecular flexibility index (Phi) is 5.68. The maximum absolute atomic E-state index is 12.0. The van der Waals surface area contributed by atoms with Gasteiger partial charge in [-0.05, 0) is 36.9 Å². The largest absolute Gasteiger partial charge is 0.353 e. The van der Waals surface area contributed by atoms with Gasteiger partial charge in [-0.15, -0.1) is 0 Å². The van der Waals surface area contributed by atoms with Crippen molar-refractivity contribution in [3.8, 4) is 0 Å². The lowest BCUT2D eigenvalue weighted by molar-refractivity contribution is -0.121. The molecule has 3 rings (SSSR count). The predicted molar refractivity (Wildman–Crippen MR) is 99.3 cm³/mol. The van der Waals surface area contributed by atoms with Crippen LogP contribution in [0.5, 0.6) is 0 Å². The molecule has 1 aromatic carbocycles. The zero-order chi connectivity index (χ0) is 18.5. The fourth-order valence-electron chi connectivity index (χ4n) is 3.47. The van der Waals surface area contributed by atoms with E-state index >= 15 is 0 Å². The van der Waals surface area contributed by atoms with Crippen molar-refractivity contribution in [2.45, 2.75) is 25.8 Å². The molecule has 1 aliphatic rings. The fraction of sp³-hybridized carbons (Fsp3) is 0.421. The molecule has 0 bridgehead atoms. The quantitative estimate of drug-likeness (QED) is 0.787. The van der Waals surface area contributed by atoms with Crippen molar-refractivity contribution < 1.29 is 4.79 Å². The van der Waals surface area contributed by atoms with Crippen LogP contribution in [0.25, 0.3) is 0 Å². The highest BCUT2D eigenvalue weighted by Crippen LogP contribution is 2.28. The molecule has 1 fully saturated rings. The van der Waals surface area contributed by atoms with Crippen LogP contribution in [-0.2, 0) is 11.3 Å². The summed E-state index contributed by atoms with van der Waals surface area (Å²) in [6.45, 7) is 5.40. The van der Waals surface area contributed by atoms with Gasteiger partial charge in [-0.3, -0.25) is 19.1 Å². The van der Waals surface area contributed by atoms with E-state index in [9.17, 15) is 14.4 Å². The lowest BCUT2D eigenvalue weighted by Crippen LogP contribution is -2.38. The standard InChI is InChI=1S/C19H24N4O3/c1-14-4-2-3-5-16(14)15-6-9-22(12-15)11-8-20-18(25)13-23-10-7-17(24)21-19(23)26/h2-5,7,10,15H,6,8-9,11-13H2,1H3,(H,20,25)(H,21,24,26)/t15-/m0/s1. The number of rotatable bonds is 6. The van der Waals surface area contributed by atoms with Gasteiger partial charge in [-0.25, -0.2) is 4.79 Å². The van der Waals surface area contributed by atoms with Crippen LogP contribution in [0, 0.1) is 6.92 Å². The summed E-state index contributed by atoms with van der Waals surface area (Å²) >= 11 is 0. The third-order valence-corrected chi connectivity index (χ3v) is 4.86. The van der Waals surface area contributed by atoms with E-state index in [-0.39, 0.29) is 12.5 Å². The van der Waals surface area contributed by atoms with Crippen LogP contribution in [0.1, 0.15) is 23.5 Å². The van der Waals surface area contributed by atoms with Crippen LogP contribution >= 0.6 is 0 Å². The highest BCUT2D eigenvalue weighted by atomic mass is 16.2. The molecule has 0 radical (unpaired) electrons. The minimum atomic E-state index is -0.576. The average molecular weight is 356 g/mol. The lowest BCUT2D eigenvalue weighted by Gasteiger charge is -2.17. The van der Waals surface area contributed by atoms with Gasteiger partial charge in [0.25, 0.3) is 5.56 Å². The molecule has 26 heavy (non-hydrogen) atoms. The van der Waals surface area contributed by atoms with Crippen LogP contribution < -0.4 is 16.6 Å². The summed E-state index contributed by atoms with van der Waals surface area (Å²) in [6.07, 6.45) is 2.46. The number of H-pyrrole nitrogens is 1. The van der Waals surface area contributed by atoms with Crippen molar-refractivity contribution in [1.82, 2.24) is 19.8 Å². The van der Waals surface area contributed by atoms with Crippen LogP contribution in [0.3, 0.4) is 0 Å². The molecule has 1 aromatic heterocycles. The number of hydrogen-bond donors (Lipinski definition) is 2. The Bertz CT molecular complexity index is 887. The van der Waals surface area contributed by atoms with Crippen LogP contribution in [0.15, 0.2) is 46.1 Å². The van der Waals surface area contributed by atoms with Crippen molar-refractivity contribution in [3.63, 3.8) is 0 Å². The summed E-state index contributed by atoms with van der Waals surface area (Å²) in [6, 6.07) is 9.73. The summed E-state index contributed by atoms with van der Waals surface area (Å²) in [5.74, 6) is 0.306. The number of amides is 1. The molecule has 0 spiro atoms. The summed E-state index contributed by atoms with van der Waals surface area (Å²) in [5, 5.41) is 2.83. The Morgan fingerprint density at radius 2 is 2.08 bits per heavy atom. The second-order valence-corrected chi connectivity index (χ2v) is 6.73. The molecule has 2 N–H and O–H groups in total. The van der Waals surface area contributed by atoms with Crippen LogP contribution in [0.2, 0.25) is 0 Å². The molecular formula is C19H24N4O3. The van der Waals surface area contributed by atoms with Gasteiger partial charge in [0.05, 0.1) is 0 Å². The molecule has 138 valence electrons. The number of carbonyl (C=O) groups is 1.